The average Bonchev–Trinajstić information content (AvgIpc) is 2.84. The van der Waals surface area contributed by atoms with Crippen LogP contribution >= 0.6 is 0 Å². The fourth-order valence-electron chi connectivity index (χ4n) is 2.99. The highest BCUT2D eigenvalue weighted by Crippen LogP contribution is 2.38. The molecule has 170 valence electrons. The molecule has 2 aromatic rings. The molecule has 0 spiro atoms. The minimum Gasteiger partial charge on any atom is -0.493 e. The first-order valence-electron chi connectivity index (χ1n) is 9.78. The standard InChI is InChI=1S/C22H25N3O7/c1-13(14-5-6-16-17(9-14)32-8-7-31-16)24-25-20(26)12-23-22(27)15-10-18(28-2)21(30-4)19(11-15)29-3/h5-6,9-11H,7-8,12H2,1-4H3,(H,23,27)(H,25,26). The molecule has 0 radical (unpaired) electrons. The number of hydrazone groups is 1. The van der Waals surface area contributed by atoms with Crippen LogP contribution in [0.5, 0.6) is 28.7 Å². The molecule has 0 saturated heterocycles. The van der Waals surface area contributed by atoms with Crippen LogP contribution in [-0.2, 0) is 4.79 Å². The Morgan fingerprint density at radius 2 is 1.59 bits per heavy atom. The Kier molecular flexibility index (Phi) is 7.37. The van der Waals surface area contributed by atoms with Gasteiger partial charge in [0.05, 0.1) is 33.6 Å². The van der Waals surface area contributed by atoms with E-state index in [9.17, 15) is 9.59 Å². The van der Waals surface area contributed by atoms with Crippen molar-refractivity contribution in [2.24, 2.45) is 5.10 Å². The third kappa shape index (κ3) is 5.20. The van der Waals surface area contributed by atoms with Crippen LogP contribution in [0.1, 0.15) is 22.8 Å². The Hall–Kier alpha value is -3.95. The Morgan fingerprint density at radius 1 is 0.938 bits per heavy atom. The second kappa shape index (κ2) is 10.4. The lowest BCUT2D eigenvalue weighted by atomic mass is 10.1. The van der Waals surface area contributed by atoms with Gasteiger partial charge in [0.25, 0.3) is 11.8 Å². The lowest BCUT2D eigenvalue weighted by Gasteiger charge is -2.18. The molecule has 0 aliphatic carbocycles. The first kappa shape index (κ1) is 22.7. The number of nitrogens with one attached hydrogen (secondary N) is 2. The summed E-state index contributed by atoms with van der Waals surface area (Å²) in [6, 6.07) is 8.41. The summed E-state index contributed by atoms with van der Waals surface area (Å²) in [6.07, 6.45) is 0. The van der Waals surface area contributed by atoms with Crippen LogP contribution < -0.4 is 34.4 Å². The molecule has 10 nitrogen and oxygen atoms in total. The smallest absolute Gasteiger partial charge is 0.259 e. The summed E-state index contributed by atoms with van der Waals surface area (Å²) in [5.41, 5.74) is 4.03. The van der Waals surface area contributed by atoms with Crippen LogP contribution in [-0.4, -0.2) is 58.6 Å². The molecular formula is C22H25N3O7. The maximum absolute atomic E-state index is 12.5. The van der Waals surface area contributed by atoms with Crippen molar-refractivity contribution in [3.05, 3.63) is 41.5 Å². The highest BCUT2D eigenvalue weighted by Gasteiger charge is 2.17. The number of hydrogen-bond donors (Lipinski definition) is 2. The lowest BCUT2D eigenvalue weighted by molar-refractivity contribution is -0.120. The van der Waals surface area contributed by atoms with E-state index < -0.39 is 11.8 Å². The van der Waals surface area contributed by atoms with Crippen LogP contribution in [0.4, 0.5) is 0 Å². The summed E-state index contributed by atoms with van der Waals surface area (Å²) in [6.45, 7) is 2.47. The molecule has 2 N–H and O–H groups in total. The molecule has 0 aromatic heterocycles. The van der Waals surface area contributed by atoms with Gasteiger partial charge in [-0.25, -0.2) is 5.43 Å². The second-order valence-corrected chi connectivity index (χ2v) is 6.69. The maximum Gasteiger partial charge on any atom is 0.259 e. The largest absolute Gasteiger partial charge is 0.493 e. The summed E-state index contributed by atoms with van der Waals surface area (Å²) in [4.78, 5) is 24.6. The van der Waals surface area contributed by atoms with Crippen molar-refractivity contribution >= 4 is 17.5 Å². The number of fused-ring (bicyclic) bond motifs is 1. The van der Waals surface area contributed by atoms with Crippen LogP contribution in [0, 0.1) is 0 Å². The summed E-state index contributed by atoms with van der Waals surface area (Å²) in [5, 5.41) is 6.62. The Labute approximate surface area is 185 Å². The van der Waals surface area contributed by atoms with E-state index in [1.807, 2.05) is 6.07 Å². The zero-order valence-electron chi connectivity index (χ0n) is 18.3. The number of nitrogens with zero attached hydrogens (tertiary/aromatic N) is 1. The zero-order chi connectivity index (χ0) is 23.1. The predicted octanol–water partition coefficient (Wildman–Crippen LogP) is 1.75. The molecule has 32 heavy (non-hydrogen) atoms. The van der Waals surface area contributed by atoms with Gasteiger partial charge in [-0.15, -0.1) is 0 Å². The molecule has 2 amide bonds. The van der Waals surface area contributed by atoms with Gasteiger partial charge >= 0.3 is 0 Å². The monoisotopic (exact) mass is 443 g/mol. The summed E-state index contributed by atoms with van der Waals surface area (Å²) < 4.78 is 26.8. The second-order valence-electron chi connectivity index (χ2n) is 6.69. The molecule has 1 aliphatic rings. The Balaban J connectivity index is 1.59. The molecule has 0 bridgehead atoms. The normalized spacial score (nSPS) is 12.6. The average molecular weight is 443 g/mol. The van der Waals surface area contributed by atoms with Crippen LogP contribution in [0.15, 0.2) is 35.4 Å². The third-order valence-electron chi connectivity index (χ3n) is 4.64. The van der Waals surface area contributed by atoms with Gasteiger partial charge in [0.1, 0.15) is 13.2 Å². The number of ether oxygens (including phenoxy) is 5. The van der Waals surface area contributed by atoms with Gasteiger partial charge in [0.15, 0.2) is 23.0 Å². The first-order chi connectivity index (χ1) is 15.5. The molecule has 3 rings (SSSR count). The number of carbonyl (C=O) groups excluding carboxylic acids is 2. The van der Waals surface area contributed by atoms with Crippen LogP contribution in [0.2, 0.25) is 0 Å². The van der Waals surface area contributed by atoms with E-state index in [2.05, 4.69) is 15.8 Å². The number of rotatable bonds is 8. The van der Waals surface area contributed by atoms with E-state index >= 15 is 0 Å². The number of carbonyl (C=O) groups is 2. The fourth-order valence-corrected chi connectivity index (χ4v) is 2.99. The van der Waals surface area contributed by atoms with E-state index in [1.54, 1.807) is 19.1 Å². The molecule has 0 saturated carbocycles. The van der Waals surface area contributed by atoms with E-state index in [-0.39, 0.29) is 12.1 Å². The van der Waals surface area contributed by atoms with Crippen LogP contribution in [0.25, 0.3) is 0 Å². The maximum atomic E-state index is 12.5. The van der Waals surface area contributed by atoms with E-state index in [0.717, 1.165) is 5.56 Å². The number of methoxy groups -OCH3 is 3. The molecular weight excluding hydrogens is 418 g/mol. The van der Waals surface area contributed by atoms with Crippen LogP contribution in [0.3, 0.4) is 0 Å². The number of amides is 2. The topological polar surface area (TPSA) is 117 Å². The number of hydrogen-bond acceptors (Lipinski definition) is 8. The van der Waals surface area contributed by atoms with Crippen molar-refractivity contribution in [1.82, 2.24) is 10.7 Å². The highest BCUT2D eigenvalue weighted by molar-refractivity contribution is 6.00. The zero-order valence-corrected chi connectivity index (χ0v) is 18.3. The summed E-state index contributed by atoms with van der Waals surface area (Å²) in [7, 11) is 4.38. The molecule has 2 aromatic carbocycles. The van der Waals surface area contributed by atoms with Crippen molar-refractivity contribution in [3.8, 4) is 28.7 Å². The first-order valence-corrected chi connectivity index (χ1v) is 9.78. The van der Waals surface area contributed by atoms with Crippen molar-refractivity contribution in [2.45, 2.75) is 6.92 Å². The van der Waals surface area contributed by atoms with Crippen molar-refractivity contribution < 1.29 is 33.3 Å². The van der Waals surface area contributed by atoms with Gasteiger partial charge in [0.2, 0.25) is 5.75 Å². The van der Waals surface area contributed by atoms with Gasteiger partial charge in [-0.05, 0) is 37.3 Å². The Bertz CT molecular complexity index is 1010. The van der Waals surface area contributed by atoms with Gasteiger partial charge < -0.3 is 29.0 Å². The molecule has 0 fully saturated rings. The van der Waals surface area contributed by atoms with Crippen molar-refractivity contribution in [2.75, 3.05) is 41.1 Å². The molecule has 10 heteroatoms. The van der Waals surface area contributed by atoms with Gasteiger partial charge in [-0.1, -0.05) is 0 Å². The quantitative estimate of drug-likeness (QED) is 0.472. The Morgan fingerprint density at radius 3 is 2.22 bits per heavy atom. The molecule has 0 unspecified atom stereocenters. The van der Waals surface area contributed by atoms with Crippen molar-refractivity contribution in [3.63, 3.8) is 0 Å². The van der Waals surface area contributed by atoms with Crippen molar-refractivity contribution in [1.29, 1.82) is 0 Å². The molecule has 1 aliphatic heterocycles. The van der Waals surface area contributed by atoms with Gasteiger partial charge in [-0.2, -0.15) is 5.10 Å². The van der Waals surface area contributed by atoms with E-state index in [1.165, 1.54) is 33.5 Å². The molecule has 1 heterocycles. The van der Waals surface area contributed by atoms with Gasteiger partial charge in [0, 0.05) is 11.1 Å². The number of benzene rings is 2. The van der Waals surface area contributed by atoms with E-state index in [4.69, 9.17) is 23.7 Å². The van der Waals surface area contributed by atoms with Gasteiger partial charge in [-0.3, -0.25) is 9.59 Å². The summed E-state index contributed by atoms with van der Waals surface area (Å²) in [5.74, 6) is 1.38. The fraction of sp³-hybridized carbons (Fsp3) is 0.318. The highest BCUT2D eigenvalue weighted by atomic mass is 16.6. The predicted molar refractivity (Wildman–Crippen MR) is 116 cm³/mol. The summed E-state index contributed by atoms with van der Waals surface area (Å²) >= 11 is 0. The van der Waals surface area contributed by atoms with E-state index in [0.29, 0.717) is 47.7 Å². The minimum absolute atomic E-state index is 0.253. The minimum atomic E-state index is -0.484. The molecule has 0 atom stereocenters. The lowest BCUT2D eigenvalue weighted by Crippen LogP contribution is -2.35. The SMILES string of the molecule is COc1cc(C(=O)NCC(=O)NN=C(C)c2ccc3c(c2)OCCO3)cc(OC)c1OC. The third-order valence-corrected chi connectivity index (χ3v) is 4.64.